The Hall–Kier alpha value is -1.90. The fourth-order valence-corrected chi connectivity index (χ4v) is 6.14. The smallest absolute Gasteiger partial charge is 0.245 e. The van der Waals surface area contributed by atoms with Gasteiger partial charge in [0.25, 0.3) is 0 Å². The van der Waals surface area contributed by atoms with Gasteiger partial charge in [0.15, 0.2) is 0 Å². The van der Waals surface area contributed by atoms with Crippen LogP contribution >= 0.6 is 27.5 Å². The normalized spacial score (nSPS) is 19.2. The lowest BCUT2D eigenvalue weighted by atomic mass is 10.1. The molecule has 0 aliphatic carbocycles. The number of sulfonamides is 1. The standard InChI is InChI=1S/C24H24BrClN2O3S/c1-17(31-16-18-9-5-3-6-10-18)23-15-28(19-11-7-4-8-12-19)22-14-21(26)20(25)13-24(22)32(29,30)27(23)2/h3-14,17,23H,15-16H2,1-2H3/t17-,23-/m0/s1. The van der Waals surface area contributed by atoms with E-state index in [9.17, 15) is 8.42 Å². The number of hydrogen-bond acceptors (Lipinski definition) is 4. The van der Waals surface area contributed by atoms with E-state index in [2.05, 4.69) is 15.9 Å². The molecular formula is C24H24BrClN2O3S. The number of likely N-dealkylation sites (N-methyl/N-ethyl adjacent to an activating group) is 1. The zero-order chi connectivity index (χ0) is 22.9. The first kappa shape index (κ1) is 23.3. The number of halogens is 2. The van der Waals surface area contributed by atoms with E-state index >= 15 is 0 Å². The van der Waals surface area contributed by atoms with Gasteiger partial charge in [-0.25, -0.2) is 8.42 Å². The van der Waals surface area contributed by atoms with Gasteiger partial charge in [-0.15, -0.1) is 0 Å². The van der Waals surface area contributed by atoms with Crippen molar-refractivity contribution in [2.75, 3.05) is 18.5 Å². The molecule has 0 fully saturated rings. The highest BCUT2D eigenvalue weighted by Gasteiger charge is 2.40. The molecule has 0 spiro atoms. The van der Waals surface area contributed by atoms with Gasteiger partial charge in [-0.3, -0.25) is 0 Å². The molecule has 3 aromatic rings. The van der Waals surface area contributed by atoms with Crippen molar-refractivity contribution in [2.24, 2.45) is 0 Å². The van der Waals surface area contributed by atoms with E-state index in [0.29, 0.717) is 28.3 Å². The Kier molecular flexibility index (Phi) is 6.93. The summed E-state index contributed by atoms with van der Waals surface area (Å²) in [5.41, 5.74) is 2.48. The average molecular weight is 536 g/mol. The zero-order valence-electron chi connectivity index (χ0n) is 17.8. The molecule has 5 nitrogen and oxygen atoms in total. The third-order valence-corrected chi connectivity index (χ3v) is 8.86. The van der Waals surface area contributed by atoms with Crippen LogP contribution in [0.3, 0.4) is 0 Å². The predicted molar refractivity (Wildman–Crippen MR) is 132 cm³/mol. The lowest BCUT2D eigenvalue weighted by Gasteiger charge is -2.33. The molecular weight excluding hydrogens is 512 g/mol. The topological polar surface area (TPSA) is 49.9 Å². The fraction of sp³-hybridized carbons (Fsp3) is 0.250. The molecule has 0 saturated heterocycles. The Bertz CT molecular complexity index is 1190. The first-order valence-corrected chi connectivity index (χ1v) is 12.9. The van der Waals surface area contributed by atoms with Gasteiger partial charge in [-0.2, -0.15) is 4.31 Å². The van der Waals surface area contributed by atoms with Gasteiger partial charge in [-0.05, 0) is 52.7 Å². The zero-order valence-corrected chi connectivity index (χ0v) is 20.9. The maximum Gasteiger partial charge on any atom is 0.245 e. The van der Waals surface area contributed by atoms with E-state index in [4.69, 9.17) is 16.3 Å². The molecule has 4 rings (SSSR count). The van der Waals surface area contributed by atoms with Crippen LogP contribution in [0.1, 0.15) is 12.5 Å². The van der Waals surface area contributed by atoms with Crippen LogP contribution in [0.2, 0.25) is 5.02 Å². The van der Waals surface area contributed by atoms with Crippen LogP contribution < -0.4 is 4.90 Å². The van der Waals surface area contributed by atoms with Crippen molar-refractivity contribution < 1.29 is 13.2 Å². The maximum absolute atomic E-state index is 13.6. The Balaban J connectivity index is 1.75. The molecule has 1 aliphatic rings. The molecule has 168 valence electrons. The second-order valence-electron chi connectivity index (χ2n) is 7.77. The van der Waals surface area contributed by atoms with Gasteiger partial charge in [0.2, 0.25) is 10.0 Å². The molecule has 0 unspecified atom stereocenters. The summed E-state index contributed by atoms with van der Waals surface area (Å²) in [6.07, 6.45) is -0.352. The van der Waals surface area contributed by atoms with Crippen molar-refractivity contribution >= 4 is 48.9 Å². The minimum absolute atomic E-state index is 0.206. The number of para-hydroxylation sites is 1. The van der Waals surface area contributed by atoms with Crippen molar-refractivity contribution in [1.82, 2.24) is 4.31 Å². The van der Waals surface area contributed by atoms with Crippen molar-refractivity contribution in [2.45, 2.75) is 30.6 Å². The fourth-order valence-electron chi connectivity index (χ4n) is 3.88. The van der Waals surface area contributed by atoms with E-state index in [-0.39, 0.29) is 11.0 Å². The number of hydrogen-bond donors (Lipinski definition) is 0. The monoisotopic (exact) mass is 534 g/mol. The second kappa shape index (κ2) is 9.53. The largest absolute Gasteiger partial charge is 0.372 e. The summed E-state index contributed by atoms with van der Waals surface area (Å²) >= 11 is 9.78. The molecule has 2 atom stereocenters. The SMILES string of the molecule is C[C@H](OCc1ccccc1)[C@@H]1CN(c2ccccc2)c2cc(Cl)c(Br)cc2S(=O)(=O)N1C. The first-order chi connectivity index (χ1) is 15.3. The van der Waals surface area contributed by atoms with Crippen molar-refractivity contribution in [3.8, 4) is 0 Å². The highest BCUT2D eigenvalue weighted by Crippen LogP contribution is 2.41. The van der Waals surface area contributed by atoms with Crippen molar-refractivity contribution in [1.29, 1.82) is 0 Å². The summed E-state index contributed by atoms with van der Waals surface area (Å²) in [6, 6.07) is 22.4. The van der Waals surface area contributed by atoms with Gasteiger partial charge >= 0.3 is 0 Å². The Morgan fingerprint density at radius 1 is 1.09 bits per heavy atom. The highest BCUT2D eigenvalue weighted by atomic mass is 79.9. The highest BCUT2D eigenvalue weighted by molar-refractivity contribution is 9.10. The molecule has 0 saturated carbocycles. The molecule has 0 amide bonds. The van der Waals surface area contributed by atoms with E-state index in [0.717, 1.165) is 11.3 Å². The van der Waals surface area contributed by atoms with Gasteiger partial charge in [0, 0.05) is 23.8 Å². The van der Waals surface area contributed by atoms with Crippen LogP contribution in [-0.2, 0) is 21.4 Å². The Morgan fingerprint density at radius 3 is 2.38 bits per heavy atom. The molecule has 0 aromatic heterocycles. The Labute approximate surface area is 202 Å². The number of ether oxygens (including phenoxy) is 1. The molecule has 0 N–H and O–H groups in total. The van der Waals surface area contributed by atoms with Crippen LogP contribution in [0.4, 0.5) is 11.4 Å². The number of rotatable bonds is 5. The van der Waals surface area contributed by atoms with Gasteiger partial charge in [0.1, 0.15) is 4.90 Å². The van der Waals surface area contributed by atoms with E-state index in [1.165, 1.54) is 4.31 Å². The summed E-state index contributed by atoms with van der Waals surface area (Å²) < 4.78 is 35.4. The summed E-state index contributed by atoms with van der Waals surface area (Å²) in [4.78, 5) is 2.21. The minimum atomic E-state index is -3.79. The molecule has 1 aliphatic heterocycles. The second-order valence-corrected chi connectivity index (χ2v) is 11.0. The lowest BCUT2D eigenvalue weighted by Crippen LogP contribution is -2.48. The molecule has 8 heteroatoms. The van der Waals surface area contributed by atoms with Crippen LogP contribution in [0, 0.1) is 0 Å². The maximum atomic E-state index is 13.6. The summed E-state index contributed by atoms with van der Waals surface area (Å²) in [5.74, 6) is 0. The third-order valence-electron chi connectivity index (χ3n) is 5.75. The van der Waals surface area contributed by atoms with Crippen molar-refractivity contribution in [3.05, 3.63) is 87.9 Å². The van der Waals surface area contributed by atoms with E-state index in [1.54, 1.807) is 19.2 Å². The van der Waals surface area contributed by atoms with E-state index < -0.39 is 16.1 Å². The average Bonchev–Trinajstić information content (AvgIpc) is 2.88. The number of nitrogens with zero attached hydrogens (tertiary/aromatic N) is 2. The van der Waals surface area contributed by atoms with E-state index in [1.807, 2.05) is 72.5 Å². The Morgan fingerprint density at radius 2 is 1.72 bits per heavy atom. The minimum Gasteiger partial charge on any atom is -0.372 e. The molecule has 0 radical (unpaired) electrons. The van der Waals surface area contributed by atoms with Crippen molar-refractivity contribution in [3.63, 3.8) is 0 Å². The number of benzene rings is 3. The molecule has 1 heterocycles. The van der Waals surface area contributed by atoms with Gasteiger partial charge in [-0.1, -0.05) is 60.1 Å². The molecule has 32 heavy (non-hydrogen) atoms. The van der Waals surface area contributed by atoms with Crippen LogP contribution in [-0.4, -0.2) is 38.5 Å². The summed E-state index contributed by atoms with van der Waals surface area (Å²) in [6.45, 7) is 2.74. The summed E-state index contributed by atoms with van der Waals surface area (Å²) in [5, 5.41) is 0.453. The first-order valence-electron chi connectivity index (χ1n) is 10.2. The quantitative estimate of drug-likeness (QED) is 0.411. The van der Waals surface area contributed by atoms with Gasteiger partial charge in [0.05, 0.1) is 29.5 Å². The lowest BCUT2D eigenvalue weighted by molar-refractivity contribution is 0.0147. The van der Waals surface area contributed by atoms with Crippen LogP contribution in [0.5, 0.6) is 0 Å². The van der Waals surface area contributed by atoms with Crippen LogP contribution in [0.15, 0.2) is 82.2 Å². The molecule has 3 aromatic carbocycles. The van der Waals surface area contributed by atoms with Crippen LogP contribution in [0.25, 0.3) is 0 Å². The third kappa shape index (κ3) is 4.58. The van der Waals surface area contributed by atoms with Gasteiger partial charge < -0.3 is 9.64 Å². The predicted octanol–water partition coefficient (Wildman–Crippen LogP) is 5.85. The number of fused-ring (bicyclic) bond motifs is 1. The summed E-state index contributed by atoms with van der Waals surface area (Å²) in [7, 11) is -2.18. The number of anilines is 2. The molecule has 0 bridgehead atoms.